The van der Waals surface area contributed by atoms with Crippen molar-refractivity contribution in [3.8, 4) is 11.1 Å². The van der Waals surface area contributed by atoms with E-state index in [2.05, 4.69) is 0 Å². The fourth-order valence-corrected chi connectivity index (χ4v) is 2.07. The van der Waals surface area contributed by atoms with Crippen molar-refractivity contribution < 1.29 is 9.59 Å². The lowest BCUT2D eigenvalue weighted by atomic mass is 9.98. The molecule has 0 aliphatic heterocycles. The van der Waals surface area contributed by atoms with Gasteiger partial charge in [0, 0.05) is 18.3 Å². The number of aryl methyl sites for hydroxylation is 1. The maximum atomic E-state index is 11.1. The van der Waals surface area contributed by atoms with Crippen molar-refractivity contribution in [3.63, 3.8) is 0 Å². The minimum absolute atomic E-state index is 0.434. The van der Waals surface area contributed by atoms with E-state index in [0.717, 1.165) is 28.8 Å². The van der Waals surface area contributed by atoms with Gasteiger partial charge in [0.25, 0.3) is 0 Å². The van der Waals surface area contributed by atoms with Gasteiger partial charge in [-0.05, 0) is 47.9 Å². The molecule has 2 aromatic rings. The van der Waals surface area contributed by atoms with Crippen LogP contribution in [-0.4, -0.2) is 19.4 Å². The Balaban J connectivity index is 2.38. The number of carbonyl (C=O) groups is 2. The molecule has 0 saturated carbocycles. The van der Waals surface area contributed by atoms with Crippen LogP contribution in [-0.2, 0) is 4.79 Å². The zero-order chi connectivity index (χ0) is 14.7. The molecule has 0 radical (unpaired) electrons. The molecule has 0 fully saturated rings. The second-order valence-electron chi connectivity index (χ2n) is 4.66. The third-order valence-corrected chi connectivity index (χ3v) is 3.26. The predicted octanol–water partition coefficient (Wildman–Crippen LogP) is 2.35. The first-order valence-corrected chi connectivity index (χ1v) is 6.22. The Morgan fingerprint density at radius 3 is 2.30 bits per heavy atom. The zero-order valence-corrected chi connectivity index (χ0v) is 11.5. The topological polar surface area (TPSA) is 63.4 Å². The highest BCUT2D eigenvalue weighted by Crippen LogP contribution is 2.27. The van der Waals surface area contributed by atoms with Crippen LogP contribution >= 0.6 is 0 Å². The van der Waals surface area contributed by atoms with E-state index in [1.807, 2.05) is 37.3 Å². The van der Waals surface area contributed by atoms with Crippen molar-refractivity contribution in [1.29, 1.82) is 0 Å². The summed E-state index contributed by atoms with van der Waals surface area (Å²) >= 11 is 0. The number of hydrogen-bond donors (Lipinski definition) is 1. The van der Waals surface area contributed by atoms with Gasteiger partial charge in [0.1, 0.15) is 0 Å². The van der Waals surface area contributed by atoms with Crippen LogP contribution in [0.4, 0.5) is 5.69 Å². The fraction of sp³-hybridized carbons (Fsp3) is 0.125. The number of primary amides is 1. The summed E-state index contributed by atoms with van der Waals surface area (Å²) in [7, 11) is 1.71. The molecule has 0 aliphatic rings. The van der Waals surface area contributed by atoms with Crippen LogP contribution < -0.4 is 10.6 Å². The van der Waals surface area contributed by atoms with Gasteiger partial charge in [-0.15, -0.1) is 0 Å². The average molecular weight is 268 g/mol. The summed E-state index contributed by atoms with van der Waals surface area (Å²) < 4.78 is 0. The van der Waals surface area contributed by atoms with Crippen LogP contribution in [0.5, 0.6) is 0 Å². The number of rotatable bonds is 4. The van der Waals surface area contributed by atoms with Crippen molar-refractivity contribution >= 4 is 18.0 Å². The minimum atomic E-state index is -0.434. The Hall–Kier alpha value is -2.62. The van der Waals surface area contributed by atoms with Gasteiger partial charge in [-0.2, -0.15) is 0 Å². The van der Waals surface area contributed by atoms with Crippen molar-refractivity contribution in [2.24, 2.45) is 5.73 Å². The first kappa shape index (κ1) is 13.8. The Labute approximate surface area is 117 Å². The van der Waals surface area contributed by atoms with E-state index in [1.54, 1.807) is 19.2 Å². The Morgan fingerprint density at radius 1 is 1.15 bits per heavy atom. The van der Waals surface area contributed by atoms with Crippen LogP contribution in [0.25, 0.3) is 11.1 Å². The zero-order valence-electron chi connectivity index (χ0n) is 11.5. The van der Waals surface area contributed by atoms with Crippen LogP contribution in [0, 0.1) is 6.92 Å². The van der Waals surface area contributed by atoms with Crippen molar-refractivity contribution in [2.45, 2.75) is 6.92 Å². The molecule has 2 N–H and O–H groups in total. The number of nitrogens with two attached hydrogens (primary N) is 1. The SMILES string of the molecule is Cc1cc(N(C)C=O)ccc1-c1ccc(C(N)=O)cc1. The van der Waals surface area contributed by atoms with Crippen molar-refractivity contribution in [2.75, 3.05) is 11.9 Å². The standard InChI is InChI=1S/C16H16N2O2/c1-11-9-14(18(2)10-19)7-8-15(11)12-3-5-13(6-4-12)16(17)20/h3-10H,1-2H3,(H2,17,20). The molecule has 2 amide bonds. The smallest absolute Gasteiger partial charge is 0.248 e. The molecule has 0 bridgehead atoms. The molecular formula is C16H16N2O2. The largest absolute Gasteiger partial charge is 0.366 e. The van der Waals surface area contributed by atoms with Crippen molar-refractivity contribution in [3.05, 3.63) is 53.6 Å². The van der Waals surface area contributed by atoms with Gasteiger partial charge in [0.2, 0.25) is 12.3 Å². The minimum Gasteiger partial charge on any atom is -0.366 e. The number of carbonyl (C=O) groups excluding carboxylic acids is 2. The summed E-state index contributed by atoms with van der Waals surface area (Å²) in [4.78, 5) is 23.3. The molecule has 2 rings (SSSR count). The Kier molecular flexibility index (Phi) is 3.84. The summed E-state index contributed by atoms with van der Waals surface area (Å²) in [5, 5.41) is 0. The molecular weight excluding hydrogens is 252 g/mol. The molecule has 102 valence electrons. The van der Waals surface area contributed by atoms with Gasteiger partial charge in [-0.1, -0.05) is 18.2 Å². The molecule has 4 heteroatoms. The van der Waals surface area contributed by atoms with Crippen LogP contribution in [0.15, 0.2) is 42.5 Å². The van der Waals surface area contributed by atoms with E-state index in [0.29, 0.717) is 5.56 Å². The molecule has 20 heavy (non-hydrogen) atoms. The maximum Gasteiger partial charge on any atom is 0.248 e. The fourth-order valence-electron chi connectivity index (χ4n) is 2.07. The summed E-state index contributed by atoms with van der Waals surface area (Å²) in [6.07, 6.45) is 0.774. The summed E-state index contributed by atoms with van der Waals surface area (Å²) in [5.74, 6) is -0.434. The molecule has 0 aromatic heterocycles. The van der Waals surface area contributed by atoms with Gasteiger partial charge in [-0.25, -0.2) is 0 Å². The highest BCUT2D eigenvalue weighted by Gasteiger charge is 2.06. The molecule has 0 unspecified atom stereocenters. The third kappa shape index (κ3) is 2.69. The van der Waals surface area contributed by atoms with E-state index in [-0.39, 0.29) is 0 Å². The second-order valence-corrected chi connectivity index (χ2v) is 4.66. The van der Waals surface area contributed by atoms with Gasteiger partial charge in [0.15, 0.2) is 0 Å². The summed E-state index contributed by atoms with van der Waals surface area (Å²) in [6.45, 7) is 1.99. The average Bonchev–Trinajstić information content (AvgIpc) is 2.46. The van der Waals surface area contributed by atoms with Gasteiger partial charge < -0.3 is 10.6 Å². The molecule has 0 atom stereocenters. The first-order chi connectivity index (χ1) is 9.52. The lowest BCUT2D eigenvalue weighted by Gasteiger charge is -2.14. The molecule has 0 heterocycles. The molecule has 0 saturated heterocycles. The van der Waals surface area contributed by atoms with Crippen molar-refractivity contribution in [1.82, 2.24) is 0 Å². The molecule has 0 spiro atoms. The maximum absolute atomic E-state index is 11.1. The number of nitrogens with zero attached hydrogens (tertiary/aromatic N) is 1. The number of benzene rings is 2. The Bertz CT molecular complexity index is 648. The summed E-state index contributed by atoms with van der Waals surface area (Å²) in [5.41, 5.74) is 9.68. The normalized spacial score (nSPS) is 10.1. The highest BCUT2D eigenvalue weighted by molar-refractivity contribution is 5.93. The molecule has 2 aromatic carbocycles. The van der Waals surface area contributed by atoms with E-state index in [1.165, 1.54) is 4.90 Å². The van der Waals surface area contributed by atoms with Crippen LogP contribution in [0.1, 0.15) is 15.9 Å². The third-order valence-electron chi connectivity index (χ3n) is 3.26. The number of hydrogen-bond acceptors (Lipinski definition) is 2. The lowest BCUT2D eigenvalue weighted by Crippen LogP contribution is -2.13. The molecule has 4 nitrogen and oxygen atoms in total. The van der Waals surface area contributed by atoms with Gasteiger partial charge >= 0.3 is 0 Å². The van der Waals surface area contributed by atoms with Crippen LogP contribution in [0.3, 0.4) is 0 Å². The van der Waals surface area contributed by atoms with Gasteiger partial charge in [0.05, 0.1) is 0 Å². The second kappa shape index (κ2) is 5.57. The first-order valence-electron chi connectivity index (χ1n) is 6.22. The van der Waals surface area contributed by atoms with Crippen LogP contribution in [0.2, 0.25) is 0 Å². The van der Waals surface area contributed by atoms with E-state index < -0.39 is 5.91 Å². The Morgan fingerprint density at radius 2 is 1.80 bits per heavy atom. The van der Waals surface area contributed by atoms with Gasteiger partial charge in [-0.3, -0.25) is 9.59 Å². The number of anilines is 1. The summed E-state index contributed by atoms with van der Waals surface area (Å²) in [6, 6.07) is 13.0. The van der Waals surface area contributed by atoms with E-state index in [9.17, 15) is 9.59 Å². The highest BCUT2D eigenvalue weighted by atomic mass is 16.1. The lowest BCUT2D eigenvalue weighted by molar-refractivity contribution is -0.107. The van der Waals surface area contributed by atoms with E-state index in [4.69, 9.17) is 5.73 Å². The monoisotopic (exact) mass is 268 g/mol. The van der Waals surface area contributed by atoms with E-state index >= 15 is 0 Å². The quantitative estimate of drug-likeness (QED) is 0.865. The number of amides is 2. The predicted molar refractivity (Wildman–Crippen MR) is 79.6 cm³/mol. The molecule has 0 aliphatic carbocycles.